The van der Waals surface area contributed by atoms with E-state index in [4.69, 9.17) is 14.2 Å². The number of benzene rings is 2. The fourth-order valence-electron chi connectivity index (χ4n) is 4.28. The topological polar surface area (TPSA) is 94.1 Å². The molecule has 2 N–H and O–H groups in total. The van der Waals surface area contributed by atoms with Gasteiger partial charge in [0.1, 0.15) is 34.2 Å². The lowest BCUT2D eigenvalue weighted by Gasteiger charge is -2.29. The Bertz CT molecular complexity index is 1240. The van der Waals surface area contributed by atoms with Gasteiger partial charge in [0.2, 0.25) is 0 Å². The van der Waals surface area contributed by atoms with E-state index >= 15 is 0 Å². The van der Waals surface area contributed by atoms with E-state index in [0.717, 1.165) is 30.7 Å². The van der Waals surface area contributed by atoms with E-state index in [1.54, 1.807) is 18.2 Å². The first-order valence-corrected chi connectivity index (χ1v) is 13.3. The molecule has 2 aromatic carbocycles. The maximum atomic E-state index is 13.0. The Labute approximate surface area is 248 Å². The molecule has 218 valence electrons. The number of phenols is 1. The number of quaternary nitrogens is 1. The Kier molecular flexibility index (Phi) is 11.8. The normalized spacial score (nSPS) is 13.7. The Morgan fingerprint density at radius 1 is 1.18 bits per heavy atom. The van der Waals surface area contributed by atoms with Crippen LogP contribution >= 0.6 is 0 Å². The number of ether oxygens (including phenoxy) is 3. The smallest absolute Gasteiger partial charge is 0.275 e. The molecule has 0 fully saturated rings. The van der Waals surface area contributed by atoms with Crippen molar-refractivity contribution in [2.45, 2.75) is 39.2 Å². The van der Waals surface area contributed by atoms with Gasteiger partial charge in [-0.1, -0.05) is 25.1 Å². The summed E-state index contributed by atoms with van der Waals surface area (Å²) in [5.74, 6) is 0.966. The number of ketones is 1. The summed E-state index contributed by atoms with van der Waals surface area (Å²) >= 11 is 0. The zero-order valence-electron chi connectivity index (χ0n) is 24.3. The predicted molar refractivity (Wildman–Crippen MR) is 153 cm³/mol. The number of likely N-dealkylation sites (N-methyl/N-ethyl adjacent to an activating group) is 1. The molecule has 2 aromatic rings. The van der Waals surface area contributed by atoms with Crippen molar-refractivity contribution in [3.05, 3.63) is 59.2 Å². The number of phenolic OH excluding ortho intramolecular Hbond substituents is 1. The second-order valence-electron chi connectivity index (χ2n) is 10.9. The number of hydrogen-bond acceptors (Lipinski definition) is 6. The van der Waals surface area contributed by atoms with E-state index in [-0.39, 0.29) is 45.7 Å². The van der Waals surface area contributed by atoms with Crippen molar-refractivity contribution in [3.8, 4) is 23.0 Å². The molecule has 8 nitrogen and oxygen atoms in total. The van der Waals surface area contributed by atoms with E-state index in [1.807, 2.05) is 65.2 Å². The van der Waals surface area contributed by atoms with Crippen LogP contribution in [0.4, 0.5) is 0 Å². The summed E-state index contributed by atoms with van der Waals surface area (Å²) in [7, 11) is 5.53. The third kappa shape index (κ3) is 9.13. The van der Waals surface area contributed by atoms with Crippen LogP contribution < -0.4 is 36.5 Å². The number of allylic oxidation sites excluding steroid dienone is 1. The number of methoxy groups -OCH3 is 1. The van der Waals surface area contributed by atoms with Crippen LogP contribution in [0, 0.1) is 0 Å². The molecule has 3 rings (SSSR count). The van der Waals surface area contributed by atoms with Gasteiger partial charge < -0.3 is 46.1 Å². The van der Waals surface area contributed by atoms with E-state index in [2.05, 4.69) is 5.32 Å². The highest BCUT2D eigenvalue weighted by atomic mass is 79.9. The first-order valence-electron chi connectivity index (χ1n) is 13.3. The average molecular weight is 618 g/mol. The number of amides is 1. The highest BCUT2D eigenvalue weighted by Crippen LogP contribution is 2.43. The molecule has 0 radical (unpaired) electrons. The number of nitrogens with one attached hydrogen (secondary N) is 1. The summed E-state index contributed by atoms with van der Waals surface area (Å²) in [6.45, 7) is 8.36. The Hall–Kier alpha value is -3.30. The lowest BCUT2D eigenvalue weighted by molar-refractivity contribution is -0.882. The van der Waals surface area contributed by atoms with Crippen molar-refractivity contribution in [3.63, 3.8) is 0 Å². The molecule has 0 aromatic heterocycles. The van der Waals surface area contributed by atoms with Crippen LogP contribution in [0.25, 0.3) is 12.2 Å². The Morgan fingerprint density at radius 2 is 1.88 bits per heavy atom. The van der Waals surface area contributed by atoms with Crippen LogP contribution in [0.5, 0.6) is 23.0 Å². The summed E-state index contributed by atoms with van der Waals surface area (Å²) in [6.07, 6.45) is 8.43. The van der Waals surface area contributed by atoms with E-state index in [9.17, 15) is 14.7 Å². The van der Waals surface area contributed by atoms with Gasteiger partial charge in [0.25, 0.3) is 5.91 Å². The number of carbonyl (C=O) groups is 2. The third-order valence-electron chi connectivity index (χ3n) is 6.38. The molecule has 0 atom stereocenters. The Morgan fingerprint density at radius 3 is 2.52 bits per heavy atom. The highest BCUT2D eigenvalue weighted by molar-refractivity contribution is 6.11. The minimum Gasteiger partial charge on any atom is -1.00 e. The number of rotatable bonds is 13. The third-order valence-corrected chi connectivity index (χ3v) is 6.38. The average Bonchev–Trinajstić information content (AvgIpc) is 2.88. The largest absolute Gasteiger partial charge is 1.00 e. The lowest BCUT2D eigenvalue weighted by atomic mass is 9.97. The van der Waals surface area contributed by atoms with Crippen molar-refractivity contribution in [2.75, 3.05) is 47.4 Å². The number of fused-ring (bicyclic) bond motifs is 1. The van der Waals surface area contributed by atoms with Gasteiger partial charge in [-0.25, -0.2) is 0 Å². The number of hydrogen-bond donors (Lipinski definition) is 2. The highest BCUT2D eigenvalue weighted by Gasteiger charge is 2.28. The van der Waals surface area contributed by atoms with Crippen LogP contribution in [0.15, 0.2) is 42.5 Å². The number of aromatic hydroxyl groups is 1. The lowest BCUT2D eigenvalue weighted by Crippen LogP contribution is -3.00. The monoisotopic (exact) mass is 616 g/mol. The first-order chi connectivity index (χ1) is 18.4. The summed E-state index contributed by atoms with van der Waals surface area (Å²) in [5.41, 5.74) is 0.834. The number of nitrogens with zero attached hydrogens (tertiary/aromatic N) is 1. The standard InChI is InChI=1S/C31H40N2O6.BrH/c1-7-17-32-28(35)21-33(4,5)18-8-19-38-23-12-9-22(10-13-23)11-14-25(34)29-27(37-6)20-26-24(30(29)36)15-16-31(2,3)39-26;/h9-16,20H,7-8,17-19,21H2,1-6H3,(H-,32,34,35,36);1H/b14-11+;. The van der Waals surface area contributed by atoms with Crippen LogP contribution in [0.1, 0.15) is 55.1 Å². The second kappa shape index (κ2) is 14.4. The predicted octanol–water partition coefficient (Wildman–Crippen LogP) is 1.86. The van der Waals surface area contributed by atoms with Crippen molar-refractivity contribution in [1.29, 1.82) is 0 Å². The minimum absolute atomic E-state index is 0. The maximum absolute atomic E-state index is 13.0. The molecular formula is C31H41BrN2O6. The summed E-state index contributed by atoms with van der Waals surface area (Å²) in [4.78, 5) is 25.0. The van der Waals surface area contributed by atoms with Gasteiger partial charge in [-0.3, -0.25) is 9.59 Å². The summed E-state index contributed by atoms with van der Waals surface area (Å²) in [6, 6.07) is 9.06. The second-order valence-corrected chi connectivity index (χ2v) is 10.9. The zero-order valence-corrected chi connectivity index (χ0v) is 25.8. The molecule has 0 saturated carbocycles. The molecule has 1 heterocycles. The zero-order chi connectivity index (χ0) is 28.6. The number of halogens is 1. The molecule has 0 aliphatic carbocycles. The molecule has 1 amide bonds. The van der Waals surface area contributed by atoms with Crippen LogP contribution in [0.3, 0.4) is 0 Å². The van der Waals surface area contributed by atoms with Gasteiger partial charge in [0.15, 0.2) is 12.3 Å². The summed E-state index contributed by atoms with van der Waals surface area (Å²) < 4.78 is 17.8. The van der Waals surface area contributed by atoms with Crippen molar-refractivity contribution >= 4 is 23.8 Å². The van der Waals surface area contributed by atoms with Gasteiger partial charge in [0.05, 0.1) is 39.9 Å². The maximum Gasteiger partial charge on any atom is 0.275 e. The van der Waals surface area contributed by atoms with Gasteiger partial charge >= 0.3 is 0 Å². The first kappa shape index (κ1) is 32.9. The minimum atomic E-state index is -0.520. The van der Waals surface area contributed by atoms with Gasteiger partial charge in [0, 0.05) is 19.0 Å². The van der Waals surface area contributed by atoms with Crippen molar-refractivity contribution in [1.82, 2.24) is 5.32 Å². The molecule has 1 aliphatic rings. The summed E-state index contributed by atoms with van der Waals surface area (Å²) in [5, 5.41) is 13.8. The number of carbonyl (C=O) groups excluding carboxylic acids is 2. The van der Waals surface area contributed by atoms with Crippen LogP contribution in [-0.2, 0) is 4.79 Å². The van der Waals surface area contributed by atoms with Crippen LogP contribution in [-0.4, -0.2) is 74.3 Å². The molecular weight excluding hydrogens is 576 g/mol. The molecule has 9 heteroatoms. The van der Waals surface area contributed by atoms with Gasteiger partial charge in [-0.15, -0.1) is 0 Å². The molecule has 0 saturated heterocycles. The fourth-order valence-corrected chi connectivity index (χ4v) is 4.28. The fraction of sp³-hybridized carbons (Fsp3) is 0.419. The molecule has 0 spiro atoms. The van der Waals surface area contributed by atoms with Crippen LogP contribution in [0.2, 0.25) is 0 Å². The quantitative estimate of drug-likeness (QED) is 0.154. The van der Waals surface area contributed by atoms with Gasteiger partial charge in [-0.05, 0) is 56.2 Å². The van der Waals surface area contributed by atoms with E-state index in [1.165, 1.54) is 13.2 Å². The van der Waals surface area contributed by atoms with Crippen molar-refractivity contribution in [2.24, 2.45) is 0 Å². The van der Waals surface area contributed by atoms with E-state index in [0.29, 0.717) is 35.5 Å². The van der Waals surface area contributed by atoms with Gasteiger partial charge in [-0.2, -0.15) is 0 Å². The molecule has 0 bridgehead atoms. The molecule has 40 heavy (non-hydrogen) atoms. The Balaban J connectivity index is 0.00000560. The molecule has 1 aliphatic heterocycles. The SMILES string of the molecule is CCCNC(=O)C[N+](C)(C)CCCOc1ccc(/C=C/C(=O)c2c(OC)cc3c(c2O)C=CC(C)(C)O3)cc1.[Br-]. The van der Waals surface area contributed by atoms with E-state index < -0.39 is 5.60 Å². The van der Waals surface area contributed by atoms with Crippen molar-refractivity contribution < 1.29 is 50.4 Å². The molecule has 0 unspecified atom stereocenters.